The Hall–Kier alpha value is -0.743. The molecule has 0 bridgehead atoms. The van der Waals surface area contributed by atoms with E-state index < -0.39 is 23.9 Å². The predicted octanol–water partition coefficient (Wildman–Crippen LogP) is 17.8. The van der Waals surface area contributed by atoms with Gasteiger partial charge in [-0.1, -0.05) is 285 Å². The van der Waals surface area contributed by atoms with Gasteiger partial charge in [0, 0.05) is 67.0 Å². The fourth-order valence-corrected chi connectivity index (χ4v) is 7.75. The first-order valence-corrected chi connectivity index (χ1v) is 27.9. The molecule has 0 radical (unpaired) electrons. The summed E-state index contributed by atoms with van der Waals surface area (Å²) < 4.78 is 0. The van der Waals surface area contributed by atoms with Crippen LogP contribution >= 0.6 is 0 Å². The Morgan fingerprint density at radius 1 is 0.246 bits per heavy atom. The number of hydrogen-bond donors (Lipinski definition) is 3. The molecule has 0 fully saturated rings. The fourth-order valence-electron chi connectivity index (χ4n) is 7.75. The summed E-state index contributed by atoms with van der Waals surface area (Å²) in [7, 11) is 0. The first kappa shape index (κ1) is 73.2. The van der Waals surface area contributed by atoms with Gasteiger partial charge in [-0.05, 0) is 32.1 Å². The van der Waals surface area contributed by atoms with Crippen molar-refractivity contribution < 1.29 is 81.4 Å². The van der Waals surface area contributed by atoms with Crippen molar-refractivity contribution in [3.63, 3.8) is 0 Å². The zero-order valence-corrected chi connectivity index (χ0v) is 47.0. The second kappa shape index (κ2) is 69.8. The molecule has 0 aliphatic heterocycles. The van der Waals surface area contributed by atoms with Crippen molar-refractivity contribution in [1.82, 2.24) is 0 Å². The van der Waals surface area contributed by atoms with E-state index in [2.05, 4.69) is 27.7 Å². The number of rotatable bonds is 48. The van der Waals surface area contributed by atoms with Crippen molar-refractivity contribution in [2.45, 2.75) is 336 Å². The molecule has 0 heterocycles. The smallest absolute Gasteiger partial charge is 0.303 e. The number of carboxylic acid groups (broad SMARTS) is 4. The summed E-state index contributed by atoms with van der Waals surface area (Å²) in [5, 5.41) is 35.5. The average Bonchev–Trinajstić information content (AvgIpc) is 3.26. The Balaban J connectivity index is -0.000000245. The normalized spacial score (nSPS) is 10.4. The van der Waals surface area contributed by atoms with Gasteiger partial charge in [-0.25, -0.2) is 0 Å². The molecular weight excluding hydrogens is 941 g/mol. The minimum absolute atomic E-state index is 0. The molecule has 3 N–H and O–H groups in total. The topological polar surface area (TPSA) is 152 Å². The summed E-state index contributed by atoms with van der Waals surface area (Å²) in [5.41, 5.74) is 0. The zero-order chi connectivity index (χ0) is 48.3. The second-order valence-electron chi connectivity index (χ2n) is 18.7. The maximum atomic E-state index is 10.3. The number of unbranched alkanes of at least 4 members (excludes halogenated alkanes) is 40. The molecule has 0 rings (SSSR count). The van der Waals surface area contributed by atoms with Gasteiger partial charge >= 0.3 is 17.9 Å². The second-order valence-corrected chi connectivity index (χ2v) is 18.7. The van der Waals surface area contributed by atoms with E-state index in [1.807, 2.05) is 0 Å². The van der Waals surface area contributed by atoms with E-state index in [1.165, 1.54) is 231 Å². The molecule has 0 atom stereocenters. The van der Waals surface area contributed by atoms with Crippen LogP contribution in [0.3, 0.4) is 0 Å². The van der Waals surface area contributed by atoms with Gasteiger partial charge in [0.2, 0.25) is 0 Å². The van der Waals surface area contributed by atoms with Gasteiger partial charge in [-0.2, -0.15) is 0 Å². The largest absolute Gasteiger partial charge is 0.550 e. The van der Waals surface area contributed by atoms with Crippen LogP contribution in [0.2, 0.25) is 0 Å². The Bertz CT molecular complexity index is 771. The van der Waals surface area contributed by atoms with Crippen molar-refractivity contribution in [2.75, 3.05) is 0 Å². The monoisotopic (exact) mass is 1050 g/mol. The van der Waals surface area contributed by atoms with E-state index in [9.17, 15) is 24.3 Å². The molecule has 0 aliphatic carbocycles. The molecule has 0 aromatic rings. The summed E-state index contributed by atoms with van der Waals surface area (Å²) in [5.74, 6) is -2.88. The van der Waals surface area contributed by atoms with E-state index in [4.69, 9.17) is 15.3 Å². The molecule has 388 valence electrons. The number of carboxylic acids is 4. The van der Waals surface area contributed by atoms with E-state index >= 15 is 0 Å². The van der Waals surface area contributed by atoms with Crippen LogP contribution in [0.5, 0.6) is 0 Å². The molecule has 0 aromatic heterocycles. The van der Waals surface area contributed by atoms with E-state index in [1.54, 1.807) is 0 Å². The van der Waals surface area contributed by atoms with E-state index in [0.717, 1.165) is 51.4 Å². The summed E-state index contributed by atoms with van der Waals surface area (Å²) in [4.78, 5) is 40.9. The third-order valence-corrected chi connectivity index (χ3v) is 12.0. The van der Waals surface area contributed by atoms with Gasteiger partial charge in [-0.15, -0.1) is 0 Å². The van der Waals surface area contributed by atoms with Crippen molar-refractivity contribution >= 4 is 23.9 Å². The van der Waals surface area contributed by atoms with Crippen LogP contribution in [0.1, 0.15) is 336 Å². The number of hydrogen-bond acceptors (Lipinski definition) is 5. The van der Waals surface area contributed by atoms with Crippen LogP contribution in [0.25, 0.3) is 0 Å². The summed E-state index contributed by atoms with van der Waals surface area (Å²) >= 11 is 0. The van der Waals surface area contributed by atoms with Crippen LogP contribution < -0.4 is 5.11 Å². The van der Waals surface area contributed by atoms with E-state index in [-0.39, 0.29) is 48.2 Å². The number of carbonyl (C=O) groups excluding carboxylic acids is 1. The van der Waals surface area contributed by atoms with Crippen LogP contribution in [0, 0.1) is 41.7 Å². The minimum atomic E-state index is -0.907. The standard InChI is InChI=1S/4C14H28O2.Ce/c4*1-2-3-4-5-6-7-8-9-10-11-12-13-14(15)16;/h4*2-13H2,1H3,(H,15,16);/p-1. The maximum Gasteiger partial charge on any atom is 0.303 e. The minimum Gasteiger partial charge on any atom is -0.550 e. The van der Waals surface area contributed by atoms with Crippen LogP contribution in [0.15, 0.2) is 0 Å². The fraction of sp³-hybridized carbons (Fsp3) is 0.929. The maximum absolute atomic E-state index is 10.3. The Kier molecular flexibility index (Phi) is 78.7. The summed E-state index contributed by atoms with van der Waals surface area (Å²) in [6, 6.07) is 0. The Morgan fingerprint density at radius 2 is 0.369 bits per heavy atom. The SMILES string of the molecule is CCCCCCCCCCCCCC(=O)O.CCCCCCCCCCCCCC(=O)O.CCCCCCCCCCCCCC(=O)O.CCCCCCCCCCCCCC(=O)[O-].[Ce]. The van der Waals surface area contributed by atoms with Crippen molar-refractivity contribution in [2.24, 2.45) is 0 Å². The molecule has 0 spiro atoms. The summed E-state index contributed by atoms with van der Waals surface area (Å²) in [6.45, 7) is 8.98. The molecule has 0 unspecified atom stereocenters. The third kappa shape index (κ3) is 90.3. The molecular formula is C56H111CeO8-. The van der Waals surface area contributed by atoms with Crippen molar-refractivity contribution in [3.8, 4) is 0 Å². The Morgan fingerprint density at radius 3 is 0.492 bits per heavy atom. The number of carbonyl (C=O) groups is 4. The number of aliphatic carboxylic acids is 4. The molecule has 8 nitrogen and oxygen atoms in total. The molecule has 0 aromatic carbocycles. The van der Waals surface area contributed by atoms with Gasteiger partial charge in [0.25, 0.3) is 0 Å². The van der Waals surface area contributed by atoms with Crippen molar-refractivity contribution in [1.29, 1.82) is 0 Å². The van der Waals surface area contributed by atoms with E-state index in [0.29, 0.717) is 19.3 Å². The quantitative estimate of drug-likeness (QED) is 0.0510. The van der Waals surface area contributed by atoms with Gasteiger partial charge < -0.3 is 25.2 Å². The Labute approximate surface area is 438 Å². The molecule has 9 heteroatoms. The first-order chi connectivity index (χ1) is 31.1. The average molecular weight is 1050 g/mol. The summed E-state index contributed by atoms with van der Waals surface area (Å²) in [6.07, 6.45) is 57.1. The first-order valence-electron chi connectivity index (χ1n) is 27.9. The molecule has 0 amide bonds. The van der Waals surface area contributed by atoms with Gasteiger partial charge in [0.1, 0.15) is 0 Å². The van der Waals surface area contributed by atoms with Crippen molar-refractivity contribution in [3.05, 3.63) is 0 Å². The van der Waals surface area contributed by atoms with Gasteiger partial charge in [0.05, 0.1) is 0 Å². The molecule has 0 saturated carbocycles. The van der Waals surface area contributed by atoms with Gasteiger partial charge in [0.15, 0.2) is 0 Å². The predicted molar refractivity (Wildman–Crippen MR) is 272 cm³/mol. The molecule has 65 heavy (non-hydrogen) atoms. The molecule has 0 aliphatic rings. The van der Waals surface area contributed by atoms with Crippen LogP contribution in [-0.2, 0) is 19.2 Å². The van der Waals surface area contributed by atoms with Crippen LogP contribution in [-0.4, -0.2) is 39.2 Å². The molecule has 0 saturated heterocycles. The third-order valence-electron chi connectivity index (χ3n) is 12.0. The van der Waals surface area contributed by atoms with Crippen LogP contribution in [0.4, 0.5) is 0 Å². The zero-order valence-electron chi connectivity index (χ0n) is 43.8. The van der Waals surface area contributed by atoms with Gasteiger partial charge in [-0.3, -0.25) is 14.4 Å².